The van der Waals surface area contributed by atoms with Crippen molar-refractivity contribution in [2.24, 2.45) is 0 Å². The van der Waals surface area contributed by atoms with E-state index in [1.54, 1.807) is 18.2 Å². The van der Waals surface area contributed by atoms with Crippen LogP contribution < -0.4 is 5.43 Å². The van der Waals surface area contributed by atoms with Crippen molar-refractivity contribution in [2.45, 2.75) is 32.2 Å². The summed E-state index contributed by atoms with van der Waals surface area (Å²) in [6, 6.07) is 5.41. The zero-order valence-corrected chi connectivity index (χ0v) is 11.3. The van der Waals surface area contributed by atoms with Crippen LogP contribution in [0.25, 0.3) is 10.9 Å². The van der Waals surface area contributed by atoms with Crippen LogP contribution in [0.4, 0.5) is 0 Å². The summed E-state index contributed by atoms with van der Waals surface area (Å²) in [4.78, 5) is 23.8. The Kier molecular flexibility index (Phi) is 3.14. The first-order valence-corrected chi connectivity index (χ1v) is 6.79. The van der Waals surface area contributed by atoms with Gasteiger partial charge < -0.3 is 5.11 Å². The predicted octanol–water partition coefficient (Wildman–Crippen LogP) is 1.47. The second kappa shape index (κ2) is 4.83. The van der Waals surface area contributed by atoms with Crippen molar-refractivity contribution in [3.05, 3.63) is 39.7 Å². The van der Waals surface area contributed by atoms with Crippen LogP contribution in [0.2, 0.25) is 0 Å². The summed E-state index contributed by atoms with van der Waals surface area (Å²) in [5, 5.41) is 14.0. The molecule has 1 aliphatic rings. The number of aromatic nitrogens is 2. The number of ketones is 1. The second-order valence-electron chi connectivity index (χ2n) is 5.21. The fourth-order valence-electron chi connectivity index (χ4n) is 2.38. The lowest BCUT2D eigenvalue weighted by Gasteiger charge is -2.11. The highest BCUT2D eigenvalue weighted by Gasteiger charge is 2.27. The predicted molar refractivity (Wildman–Crippen MR) is 75.1 cm³/mol. The van der Waals surface area contributed by atoms with E-state index in [4.69, 9.17) is 5.11 Å². The molecule has 1 aromatic heterocycles. The number of aliphatic hydroxyl groups is 1. The van der Waals surface area contributed by atoms with Crippen molar-refractivity contribution in [3.8, 4) is 0 Å². The van der Waals surface area contributed by atoms with E-state index in [9.17, 15) is 9.59 Å². The highest BCUT2D eigenvalue weighted by Crippen LogP contribution is 2.36. The van der Waals surface area contributed by atoms with E-state index in [1.165, 1.54) is 6.92 Å². The molecule has 1 heterocycles. The van der Waals surface area contributed by atoms with E-state index in [-0.39, 0.29) is 24.2 Å². The molecule has 1 fully saturated rings. The lowest BCUT2D eigenvalue weighted by atomic mass is 10.1. The van der Waals surface area contributed by atoms with E-state index in [0.29, 0.717) is 28.2 Å². The number of rotatable bonds is 4. The second-order valence-corrected chi connectivity index (χ2v) is 5.21. The molecule has 1 saturated carbocycles. The maximum Gasteiger partial charge on any atom is 0.211 e. The summed E-state index contributed by atoms with van der Waals surface area (Å²) < 4.78 is 1.84. The number of carbonyl (C=O) groups is 1. The van der Waals surface area contributed by atoms with Gasteiger partial charge in [0.2, 0.25) is 5.43 Å². The molecular weight excluding hydrogens is 256 g/mol. The summed E-state index contributed by atoms with van der Waals surface area (Å²) in [6.07, 6.45) is 2.33. The number of aliphatic hydroxyl groups excluding tert-OH is 1. The number of hydrogen-bond donors (Lipinski definition) is 1. The molecule has 2 aromatic rings. The van der Waals surface area contributed by atoms with Crippen LogP contribution in [-0.4, -0.2) is 27.3 Å². The lowest BCUT2D eigenvalue weighted by Crippen LogP contribution is -2.20. The van der Waals surface area contributed by atoms with Crippen LogP contribution in [-0.2, 0) is 6.42 Å². The van der Waals surface area contributed by atoms with Gasteiger partial charge in [0.25, 0.3) is 0 Å². The van der Waals surface area contributed by atoms with Crippen molar-refractivity contribution in [2.75, 3.05) is 6.61 Å². The first-order valence-electron chi connectivity index (χ1n) is 6.79. The van der Waals surface area contributed by atoms with E-state index < -0.39 is 0 Å². The van der Waals surface area contributed by atoms with Crippen LogP contribution in [0.5, 0.6) is 0 Å². The maximum atomic E-state index is 12.3. The molecule has 1 aromatic carbocycles. The van der Waals surface area contributed by atoms with Gasteiger partial charge in [-0.05, 0) is 31.9 Å². The Hall–Kier alpha value is -2.01. The number of fused-ring (bicyclic) bond motifs is 1. The number of carbonyl (C=O) groups excluding carboxylic acids is 1. The minimum Gasteiger partial charge on any atom is -0.396 e. The molecule has 0 amide bonds. The quantitative estimate of drug-likeness (QED) is 0.855. The molecule has 0 aliphatic heterocycles. The number of nitrogens with zero attached hydrogens (tertiary/aromatic N) is 2. The normalized spacial score (nSPS) is 14.7. The molecule has 0 bridgehead atoms. The topological polar surface area (TPSA) is 72.2 Å². The fraction of sp³-hybridized carbons (Fsp3) is 0.400. The van der Waals surface area contributed by atoms with Gasteiger partial charge in [-0.2, -0.15) is 5.10 Å². The van der Waals surface area contributed by atoms with E-state index in [1.807, 2.05) is 4.68 Å². The number of benzene rings is 1. The Balaban J connectivity index is 2.30. The standard InChI is InChI=1S/C15H16N2O3/c1-9(19)10-2-5-12-14(8-10)17(11-3-4-11)16-13(6-7-18)15(12)20/h2,5,8,11,18H,3-4,6-7H2,1H3. The Labute approximate surface area is 115 Å². The van der Waals surface area contributed by atoms with Gasteiger partial charge in [0.05, 0.1) is 11.6 Å². The van der Waals surface area contributed by atoms with E-state index in [2.05, 4.69) is 5.10 Å². The van der Waals surface area contributed by atoms with Crippen molar-refractivity contribution < 1.29 is 9.90 Å². The molecule has 20 heavy (non-hydrogen) atoms. The zero-order chi connectivity index (χ0) is 14.3. The largest absolute Gasteiger partial charge is 0.396 e. The minimum atomic E-state index is -0.152. The molecule has 104 valence electrons. The Morgan fingerprint density at radius 1 is 1.45 bits per heavy atom. The van der Waals surface area contributed by atoms with Crippen LogP contribution in [0.1, 0.15) is 41.9 Å². The minimum absolute atomic E-state index is 0.0267. The number of hydrogen-bond acceptors (Lipinski definition) is 4. The summed E-state index contributed by atoms with van der Waals surface area (Å²) in [5.74, 6) is -0.0267. The fourth-order valence-corrected chi connectivity index (χ4v) is 2.38. The lowest BCUT2D eigenvalue weighted by molar-refractivity contribution is 0.101. The van der Waals surface area contributed by atoms with Gasteiger partial charge in [0, 0.05) is 24.0 Å². The molecule has 3 rings (SSSR count). The first-order chi connectivity index (χ1) is 9.61. The summed E-state index contributed by atoms with van der Waals surface area (Å²) in [5.41, 5.74) is 1.54. The smallest absolute Gasteiger partial charge is 0.211 e. The highest BCUT2D eigenvalue weighted by atomic mass is 16.3. The Morgan fingerprint density at radius 2 is 2.20 bits per heavy atom. The molecule has 0 unspecified atom stereocenters. The molecular formula is C15H16N2O3. The molecule has 0 radical (unpaired) electrons. The van der Waals surface area contributed by atoms with Gasteiger partial charge in [-0.15, -0.1) is 0 Å². The van der Waals surface area contributed by atoms with Gasteiger partial charge >= 0.3 is 0 Å². The third kappa shape index (κ3) is 2.14. The van der Waals surface area contributed by atoms with E-state index in [0.717, 1.165) is 12.8 Å². The first kappa shape index (κ1) is 13.0. The van der Waals surface area contributed by atoms with Crippen LogP contribution in [0.15, 0.2) is 23.0 Å². The molecule has 0 atom stereocenters. The van der Waals surface area contributed by atoms with Gasteiger partial charge in [-0.1, -0.05) is 6.07 Å². The number of Topliss-reactive ketones (excluding diaryl/α,β-unsaturated/α-hetero) is 1. The maximum absolute atomic E-state index is 12.3. The monoisotopic (exact) mass is 272 g/mol. The third-order valence-electron chi connectivity index (χ3n) is 3.63. The highest BCUT2D eigenvalue weighted by molar-refractivity contribution is 5.97. The Morgan fingerprint density at radius 3 is 2.80 bits per heavy atom. The van der Waals surface area contributed by atoms with Crippen molar-refractivity contribution >= 4 is 16.7 Å². The molecule has 1 aliphatic carbocycles. The van der Waals surface area contributed by atoms with Crippen LogP contribution in [0, 0.1) is 0 Å². The third-order valence-corrected chi connectivity index (χ3v) is 3.63. The van der Waals surface area contributed by atoms with Crippen molar-refractivity contribution in [1.82, 2.24) is 9.78 Å². The molecule has 0 saturated heterocycles. The zero-order valence-electron chi connectivity index (χ0n) is 11.3. The van der Waals surface area contributed by atoms with E-state index >= 15 is 0 Å². The average molecular weight is 272 g/mol. The van der Waals surface area contributed by atoms with Crippen LogP contribution in [0.3, 0.4) is 0 Å². The molecule has 0 spiro atoms. The summed E-state index contributed by atoms with van der Waals surface area (Å²) in [6.45, 7) is 1.41. The average Bonchev–Trinajstić information content (AvgIpc) is 3.26. The summed E-state index contributed by atoms with van der Waals surface area (Å²) in [7, 11) is 0. The molecule has 1 N–H and O–H groups in total. The van der Waals surface area contributed by atoms with Gasteiger partial charge in [0.15, 0.2) is 5.78 Å². The SMILES string of the molecule is CC(=O)c1ccc2c(=O)c(CCO)nn(C3CC3)c2c1. The van der Waals surface area contributed by atoms with Crippen LogP contribution >= 0.6 is 0 Å². The van der Waals surface area contributed by atoms with Gasteiger partial charge in [-0.25, -0.2) is 0 Å². The molecule has 5 heteroatoms. The molecule has 5 nitrogen and oxygen atoms in total. The van der Waals surface area contributed by atoms with Gasteiger partial charge in [0.1, 0.15) is 5.69 Å². The van der Waals surface area contributed by atoms with Crippen molar-refractivity contribution in [1.29, 1.82) is 0 Å². The van der Waals surface area contributed by atoms with Crippen molar-refractivity contribution in [3.63, 3.8) is 0 Å². The summed E-state index contributed by atoms with van der Waals surface area (Å²) >= 11 is 0. The Bertz CT molecular complexity index is 745. The van der Waals surface area contributed by atoms with Gasteiger partial charge in [-0.3, -0.25) is 14.3 Å².